The van der Waals surface area contributed by atoms with E-state index in [2.05, 4.69) is 11.1 Å². The van der Waals surface area contributed by atoms with Crippen LogP contribution in [0.1, 0.15) is 25.3 Å². The van der Waals surface area contributed by atoms with Crippen molar-refractivity contribution in [2.75, 3.05) is 6.61 Å². The number of rotatable bonds is 6. The molecule has 1 N–H and O–H groups in total. The summed E-state index contributed by atoms with van der Waals surface area (Å²) < 4.78 is 6.70. The second-order valence-corrected chi connectivity index (χ2v) is 5.36. The Bertz CT molecular complexity index is 464. The first-order valence-electron chi connectivity index (χ1n) is 6.38. The van der Waals surface area contributed by atoms with Gasteiger partial charge in [0.25, 0.3) is 0 Å². The van der Waals surface area contributed by atoms with Crippen LogP contribution in [0, 0.1) is 0 Å². The number of thiazole rings is 1. The van der Waals surface area contributed by atoms with Crippen molar-refractivity contribution in [3.8, 4) is 0 Å². The highest BCUT2D eigenvalue weighted by Crippen LogP contribution is 2.23. The van der Waals surface area contributed by atoms with Crippen molar-refractivity contribution in [1.29, 1.82) is 0 Å². The highest BCUT2D eigenvalue weighted by molar-refractivity contribution is 7.18. The highest BCUT2D eigenvalue weighted by atomic mass is 32.1. The fourth-order valence-electron chi connectivity index (χ4n) is 2.03. The monoisotopic (exact) mass is 265 g/mol. The molecular weight excluding hydrogens is 246 g/mol. The molecule has 4 heteroatoms. The fraction of sp³-hybridized carbons (Fsp3) is 0.500. The largest absolute Gasteiger partial charge is 0.390 e. The van der Waals surface area contributed by atoms with Crippen LogP contribution in [-0.2, 0) is 11.2 Å². The van der Waals surface area contributed by atoms with E-state index in [4.69, 9.17) is 4.74 Å². The predicted octanol–water partition coefficient (Wildman–Crippen LogP) is 3.01. The highest BCUT2D eigenvalue weighted by Gasteiger charge is 2.19. The Kier molecular flexibility index (Phi) is 4.69. The van der Waals surface area contributed by atoms with Crippen LogP contribution in [0.5, 0.6) is 0 Å². The lowest BCUT2D eigenvalue weighted by Gasteiger charge is -2.20. The number of nitrogens with zero attached hydrogens (tertiary/aromatic N) is 1. The van der Waals surface area contributed by atoms with E-state index < -0.39 is 6.10 Å². The van der Waals surface area contributed by atoms with Gasteiger partial charge in [-0.3, -0.25) is 0 Å². The minimum absolute atomic E-state index is 0.0954. The molecule has 0 aliphatic heterocycles. The van der Waals surface area contributed by atoms with E-state index in [9.17, 15) is 5.11 Å². The Labute approximate surface area is 111 Å². The number of aliphatic hydroxyl groups excluding tert-OH is 1. The summed E-state index contributed by atoms with van der Waals surface area (Å²) in [5.74, 6) is 0. The van der Waals surface area contributed by atoms with E-state index in [1.807, 2.05) is 32.0 Å². The minimum Gasteiger partial charge on any atom is -0.390 e. The second kappa shape index (κ2) is 6.27. The summed E-state index contributed by atoms with van der Waals surface area (Å²) >= 11 is 1.64. The van der Waals surface area contributed by atoms with Gasteiger partial charge in [0.2, 0.25) is 0 Å². The maximum Gasteiger partial charge on any atom is 0.0965 e. The summed E-state index contributed by atoms with van der Waals surface area (Å²) in [6.45, 7) is 4.62. The van der Waals surface area contributed by atoms with Crippen LogP contribution in [0.4, 0.5) is 0 Å². The number of benzene rings is 1. The number of hydrogen-bond acceptors (Lipinski definition) is 4. The van der Waals surface area contributed by atoms with Gasteiger partial charge in [-0.05, 0) is 25.5 Å². The van der Waals surface area contributed by atoms with Crippen LogP contribution >= 0.6 is 11.3 Å². The van der Waals surface area contributed by atoms with Gasteiger partial charge in [-0.25, -0.2) is 4.98 Å². The number of ether oxygens (including phenoxy) is 1. The van der Waals surface area contributed by atoms with Crippen molar-refractivity contribution in [2.24, 2.45) is 0 Å². The van der Waals surface area contributed by atoms with Crippen LogP contribution in [-0.4, -0.2) is 28.9 Å². The molecule has 0 saturated carbocycles. The lowest BCUT2D eigenvalue weighted by Crippen LogP contribution is -2.30. The molecule has 0 amide bonds. The molecule has 0 radical (unpaired) electrons. The lowest BCUT2D eigenvalue weighted by atomic mass is 10.1. The molecule has 3 nitrogen and oxygen atoms in total. The molecule has 2 unspecified atom stereocenters. The van der Waals surface area contributed by atoms with E-state index in [-0.39, 0.29) is 6.10 Å². The Hall–Kier alpha value is -0.970. The summed E-state index contributed by atoms with van der Waals surface area (Å²) in [5.41, 5.74) is 1.01. The van der Waals surface area contributed by atoms with Crippen LogP contribution in [0.3, 0.4) is 0 Å². The third kappa shape index (κ3) is 3.07. The van der Waals surface area contributed by atoms with Crippen molar-refractivity contribution >= 4 is 21.6 Å². The van der Waals surface area contributed by atoms with Gasteiger partial charge in [0.15, 0.2) is 0 Å². The van der Waals surface area contributed by atoms with Crippen molar-refractivity contribution < 1.29 is 9.84 Å². The molecular formula is C14H19NO2S. The summed E-state index contributed by atoms with van der Waals surface area (Å²) in [6.07, 6.45) is 0.815. The van der Waals surface area contributed by atoms with E-state index in [0.717, 1.165) is 16.9 Å². The van der Waals surface area contributed by atoms with Gasteiger partial charge in [0.1, 0.15) is 0 Å². The zero-order chi connectivity index (χ0) is 13.0. The Balaban J connectivity index is 2.08. The number of aliphatic hydroxyl groups is 1. The summed E-state index contributed by atoms with van der Waals surface area (Å²) in [6, 6.07) is 8.05. The Morgan fingerprint density at radius 2 is 2.11 bits per heavy atom. The van der Waals surface area contributed by atoms with Gasteiger partial charge in [0.05, 0.1) is 27.4 Å². The SMILES string of the molecule is CCOC(CC)C(O)Cc1nc2ccccc2s1. The van der Waals surface area contributed by atoms with Crippen molar-refractivity contribution in [1.82, 2.24) is 4.98 Å². The summed E-state index contributed by atoms with van der Waals surface area (Å²) in [4.78, 5) is 4.53. The molecule has 98 valence electrons. The third-order valence-electron chi connectivity index (χ3n) is 2.93. The minimum atomic E-state index is -0.476. The molecule has 1 heterocycles. The molecule has 1 aromatic heterocycles. The summed E-state index contributed by atoms with van der Waals surface area (Å²) in [7, 11) is 0. The standard InChI is InChI=1S/C14H19NO2S/c1-3-12(17-4-2)11(16)9-14-15-10-7-5-6-8-13(10)18-14/h5-8,11-12,16H,3-4,9H2,1-2H3. The third-order valence-corrected chi connectivity index (χ3v) is 3.99. The van der Waals surface area contributed by atoms with Gasteiger partial charge in [-0.15, -0.1) is 11.3 Å². The number of hydrogen-bond donors (Lipinski definition) is 1. The van der Waals surface area contributed by atoms with Crippen molar-refractivity contribution in [2.45, 2.75) is 38.9 Å². The number of para-hydroxylation sites is 1. The van der Waals surface area contributed by atoms with Gasteiger partial charge in [-0.1, -0.05) is 19.1 Å². The number of fused-ring (bicyclic) bond motifs is 1. The van der Waals surface area contributed by atoms with Gasteiger partial charge < -0.3 is 9.84 Å². The van der Waals surface area contributed by atoms with Crippen LogP contribution in [0.15, 0.2) is 24.3 Å². The predicted molar refractivity (Wildman–Crippen MR) is 75.0 cm³/mol. The maximum atomic E-state index is 10.2. The quantitative estimate of drug-likeness (QED) is 0.873. The molecule has 0 spiro atoms. The van der Waals surface area contributed by atoms with Gasteiger partial charge in [0, 0.05) is 13.0 Å². The van der Waals surface area contributed by atoms with Gasteiger partial charge >= 0.3 is 0 Å². The van der Waals surface area contributed by atoms with E-state index in [0.29, 0.717) is 13.0 Å². The molecule has 0 bridgehead atoms. The van der Waals surface area contributed by atoms with Crippen LogP contribution < -0.4 is 0 Å². The van der Waals surface area contributed by atoms with Crippen molar-refractivity contribution in [3.63, 3.8) is 0 Å². The molecule has 1 aromatic carbocycles. The van der Waals surface area contributed by atoms with Gasteiger partial charge in [-0.2, -0.15) is 0 Å². The second-order valence-electron chi connectivity index (χ2n) is 4.25. The topological polar surface area (TPSA) is 42.4 Å². The lowest BCUT2D eigenvalue weighted by molar-refractivity contribution is -0.0334. The first-order chi connectivity index (χ1) is 8.74. The molecule has 0 aliphatic rings. The average Bonchev–Trinajstić information content (AvgIpc) is 2.77. The van der Waals surface area contributed by atoms with E-state index in [1.54, 1.807) is 11.3 Å². The molecule has 0 saturated heterocycles. The molecule has 0 aliphatic carbocycles. The molecule has 2 atom stereocenters. The fourth-order valence-corrected chi connectivity index (χ4v) is 3.05. The maximum absolute atomic E-state index is 10.2. The molecule has 2 aromatic rings. The first-order valence-corrected chi connectivity index (χ1v) is 7.20. The van der Waals surface area contributed by atoms with Crippen LogP contribution in [0.25, 0.3) is 10.2 Å². The van der Waals surface area contributed by atoms with E-state index >= 15 is 0 Å². The molecule has 0 fully saturated rings. The zero-order valence-electron chi connectivity index (χ0n) is 10.8. The number of aromatic nitrogens is 1. The molecule has 2 rings (SSSR count). The average molecular weight is 265 g/mol. The zero-order valence-corrected chi connectivity index (χ0v) is 11.6. The smallest absolute Gasteiger partial charge is 0.0965 e. The van der Waals surface area contributed by atoms with Crippen LogP contribution in [0.2, 0.25) is 0 Å². The Morgan fingerprint density at radius 1 is 1.33 bits per heavy atom. The van der Waals surface area contributed by atoms with Crippen molar-refractivity contribution in [3.05, 3.63) is 29.3 Å². The molecule has 18 heavy (non-hydrogen) atoms. The first kappa shape index (κ1) is 13.5. The summed E-state index contributed by atoms with van der Waals surface area (Å²) in [5, 5.41) is 11.1. The van der Waals surface area contributed by atoms with E-state index in [1.165, 1.54) is 4.70 Å². The normalized spacial score (nSPS) is 14.8. The Morgan fingerprint density at radius 3 is 2.78 bits per heavy atom.